The normalized spacial score (nSPS) is 17.1. The highest BCUT2D eigenvalue weighted by atomic mass is 35.5. The summed E-state index contributed by atoms with van der Waals surface area (Å²) in [7, 11) is 1.70. The number of hydrogen-bond acceptors (Lipinski definition) is 2. The van der Waals surface area contributed by atoms with Crippen LogP contribution in [-0.2, 0) is 12.0 Å². The van der Waals surface area contributed by atoms with Crippen molar-refractivity contribution in [3.05, 3.63) is 24.0 Å². The lowest BCUT2D eigenvalue weighted by atomic mass is 9.74. The van der Waals surface area contributed by atoms with Gasteiger partial charge in [-0.25, -0.2) is 4.98 Å². The summed E-state index contributed by atoms with van der Waals surface area (Å²) >= 11 is 5.98. The number of imidazole rings is 1. The predicted molar refractivity (Wildman–Crippen MR) is 82.8 cm³/mol. The zero-order valence-corrected chi connectivity index (χ0v) is 12.9. The summed E-state index contributed by atoms with van der Waals surface area (Å²) < 4.78 is 7.90. The third-order valence-corrected chi connectivity index (χ3v) is 4.86. The van der Waals surface area contributed by atoms with Gasteiger partial charge in [0.2, 0.25) is 0 Å². The van der Waals surface area contributed by atoms with Gasteiger partial charge < -0.3 is 9.30 Å². The number of halogens is 1. The van der Waals surface area contributed by atoms with E-state index in [4.69, 9.17) is 21.3 Å². The molecule has 1 fully saturated rings. The molecule has 108 valence electrons. The summed E-state index contributed by atoms with van der Waals surface area (Å²) in [5.41, 5.74) is 2.39. The van der Waals surface area contributed by atoms with Gasteiger partial charge in [0.05, 0.1) is 12.6 Å². The number of methoxy groups -OCH3 is 1. The van der Waals surface area contributed by atoms with Gasteiger partial charge in [-0.15, -0.1) is 11.6 Å². The van der Waals surface area contributed by atoms with E-state index in [9.17, 15) is 0 Å². The molecule has 0 spiro atoms. The van der Waals surface area contributed by atoms with Gasteiger partial charge in [0.15, 0.2) is 0 Å². The second-order valence-corrected chi connectivity index (χ2v) is 5.94. The van der Waals surface area contributed by atoms with E-state index < -0.39 is 0 Å². The molecule has 0 unspecified atom stereocenters. The Labute approximate surface area is 124 Å². The van der Waals surface area contributed by atoms with Crippen molar-refractivity contribution in [1.29, 1.82) is 0 Å². The summed E-state index contributed by atoms with van der Waals surface area (Å²) in [6.07, 6.45) is 5.73. The smallest absolute Gasteiger partial charge is 0.146 e. The summed E-state index contributed by atoms with van der Waals surface area (Å²) in [5, 5.41) is 0. The van der Waals surface area contributed by atoms with Crippen molar-refractivity contribution in [3.63, 3.8) is 0 Å². The van der Waals surface area contributed by atoms with Gasteiger partial charge in [-0.2, -0.15) is 0 Å². The van der Waals surface area contributed by atoms with Crippen LogP contribution in [0.1, 0.15) is 38.4 Å². The monoisotopic (exact) mass is 292 g/mol. The number of ether oxygens (including phenoxy) is 1. The van der Waals surface area contributed by atoms with Crippen molar-refractivity contribution in [2.75, 3.05) is 13.0 Å². The highest BCUT2D eigenvalue weighted by molar-refractivity contribution is 6.17. The van der Waals surface area contributed by atoms with E-state index in [0.29, 0.717) is 5.88 Å². The zero-order valence-electron chi connectivity index (χ0n) is 12.2. The van der Waals surface area contributed by atoms with Crippen LogP contribution in [0.3, 0.4) is 0 Å². The molecule has 20 heavy (non-hydrogen) atoms. The Kier molecular flexibility index (Phi) is 3.63. The lowest BCUT2D eigenvalue weighted by Gasteiger charge is -2.44. The molecule has 1 aromatic carbocycles. The van der Waals surface area contributed by atoms with Gasteiger partial charge in [0, 0.05) is 17.8 Å². The molecule has 1 aliphatic rings. The van der Waals surface area contributed by atoms with E-state index in [-0.39, 0.29) is 5.54 Å². The Hall–Kier alpha value is -1.22. The SMILES string of the molecule is CCC1(n2c(CCCl)nc3c(OC)cccc32)CCC1. The highest BCUT2D eigenvalue weighted by Gasteiger charge is 2.39. The van der Waals surface area contributed by atoms with Gasteiger partial charge in [0.1, 0.15) is 17.1 Å². The fourth-order valence-corrected chi connectivity index (χ4v) is 3.56. The average Bonchev–Trinajstić information content (AvgIpc) is 2.78. The molecule has 0 atom stereocenters. The number of hydrogen-bond donors (Lipinski definition) is 0. The first-order valence-electron chi connectivity index (χ1n) is 7.36. The minimum absolute atomic E-state index is 0.239. The van der Waals surface area contributed by atoms with E-state index in [1.165, 1.54) is 24.8 Å². The van der Waals surface area contributed by atoms with Crippen LogP contribution in [-0.4, -0.2) is 22.5 Å². The van der Waals surface area contributed by atoms with Crippen LogP contribution in [0, 0.1) is 0 Å². The molecule has 0 aliphatic heterocycles. The quantitative estimate of drug-likeness (QED) is 0.775. The molecule has 0 N–H and O–H groups in total. The van der Waals surface area contributed by atoms with Crippen molar-refractivity contribution in [2.45, 2.75) is 44.6 Å². The molecule has 0 radical (unpaired) electrons. The van der Waals surface area contributed by atoms with Crippen LogP contribution in [0.25, 0.3) is 11.0 Å². The third-order valence-electron chi connectivity index (χ3n) is 4.67. The first-order chi connectivity index (χ1) is 9.75. The first kappa shape index (κ1) is 13.7. The molecular formula is C16H21ClN2O. The standard InChI is InChI=1S/C16H21ClN2O/c1-3-16(9-5-10-16)19-12-6-4-7-13(20-2)15(12)18-14(19)8-11-17/h4,6-7H,3,5,8-11H2,1-2H3. The molecule has 4 heteroatoms. The van der Waals surface area contributed by atoms with Crippen molar-refractivity contribution in [2.24, 2.45) is 0 Å². The number of alkyl halides is 1. The molecule has 0 saturated heterocycles. The largest absolute Gasteiger partial charge is 0.494 e. The maximum absolute atomic E-state index is 5.98. The van der Waals surface area contributed by atoms with Gasteiger partial charge in [-0.3, -0.25) is 0 Å². The van der Waals surface area contributed by atoms with Crippen LogP contribution >= 0.6 is 11.6 Å². The lowest BCUT2D eigenvalue weighted by Crippen LogP contribution is -2.41. The topological polar surface area (TPSA) is 27.1 Å². The van der Waals surface area contributed by atoms with Crippen LogP contribution in [0.15, 0.2) is 18.2 Å². The van der Waals surface area contributed by atoms with Gasteiger partial charge in [-0.05, 0) is 37.8 Å². The Morgan fingerprint density at radius 1 is 1.40 bits per heavy atom. The average molecular weight is 293 g/mol. The number of nitrogens with zero attached hydrogens (tertiary/aromatic N) is 2. The molecular weight excluding hydrogens is 272 g/mol. The van der Waals surface area contributed by atoms with E-state index >= 15 is 0 Å². The highest BCUT2D eigenvalue weighted by Crippen LogP contribution is 2.45. The molecule has 1 aliphatic carbocycles. The summed E-state index contributed by atoms with van der Waals surface area (Å²) in [6, 6.07) is 6.17. The summed E-state index contributed by atoms with van der Waals surface area (Å²) in [5.74, 6) is 2.55. The van der Waals surface area contributed by atoms with E-state index in [1.807, 2.05) is 12.1 Å². The van der Waals surface area contributed by atoms with E-state index in [0.717, 1.165) is 29.9 Å². The predicted octanol–water partition coefficient (Wildman–Crippen LogP) is 4.12. The van der Waals surface area contributed by atoms with Crippen molar-refractivity contribution in [1.82, 2.24) is 9.55 Å². The molecule has 1 saturated carbocycles. The summed E-state index contributed by atoms with van der Waals surface area (Å²) in [6.45, 7) is 2.27. The van der Waals surface area contributed by atoms with Crippen LogP contribution in [0.2, 0.25) is 0 Å². The zero-order chi connectivity index (χ0) is 14.2. The molecule has 2 aromatic rings. The minimum atomic E-state index is 0.239. The fraction of sp³-hybridized carbons (Fsp3) is 0.562. The van der Waals surface area contributed by atoms with Gasteiger partial charge in [-0.1, -0.05) is 13.0 Å². The summed E-state index contributed by atoms with van der Waals surface area (Å²) in [4.78, 5) is 4.82. The van der Waals surface area contributed by atoms with Crippen LogP contribution in [0.5, 0.6) is 5.75 Å². The molecule has 3 nitrogen and oxygen atoms in total. The number of fused-ring (bicyclic) bond motifs is 1. The molecule has 3 rings (SSSR count). The second kappa shape index (κ2) is 5.28. The molecule has 0 bridgehead atoms. The van der Waals surface area contributed by atoms with Crippen LogP contribution < -0.4 is 4.74 Å². The third kappa shape index (κ3) is 1.91. The van der Waals surface area contributed by atoms with Gasteiger partial charge >= 0.3 is 0 Å². The molecule has 1 heterocycles. The van der Waals surface area contributed by atoms with Crippen molar-refractivity contribution >= 4 is 22.6 Å². The number of benzene rings is 1. The van der Waals surface area contributed by atoms with Crippen molar-refractivity contribution in [3.8, 4) is 5.75 Å². The Morgan fingerprint density at radius 2 is 2.20 bits per heavy atom. The Morgan fingerprint density at radius 3 is 2.75 bits per heavy atom. The van der Waals surface area contributed by atoms with E-state index in [2.05, 4.69) is 17.6 Å². The number of rotatable bonds is 5. The molecule has 1 aromatic heterocycles. The van der Waals surface area contributed by atoms with Crippen LogP contribution in [0.4, 0.5) is 0 Å². The minimum Gasteiger partial charge on any atom is -0.494 e. The second-order valence-electron chi connectivity index (χ2n) is 5.56. The Bertz CT molecular complexity index is 611. The number of aromatic nitrogens is 2. The maximum Gasteiger partial charge on any atom is 0.146 e. The fourth-order valence-electron chi connectivity index (χ4n) is 3.39. The van der Waals surface area contributed by atoms with Gasteiger partial charge in [0.25, 0.3) is 0 Å². The first-order valence-corrected chi connectivity index (χ1v) is 7.90. The molecule has 0 amide bonds. The van der Waals surface area contributed by atoms with Crippen molar-refractivity contribution < 1.29 is 4.74 Å². The number of para-hydroxylation sites is 1. The van der Waals surface area contributed by atoms with E-state index in [1.54, 1.807) is 7.11 Å². The lowest BCUT2D eigenvalue weighted by molar-refractivity contribution is 0.137. The Balaban J connectivity index is 2.24. The maximum atomic E-state index is 5.98. The number of aryl methyl sites for hydroxylation is 1.